The molecule has 492 valence electrons. The second kappa shape index (κ2) is 24.0. The molecule has 17 N–H and O–H groups in total. The molecule has 0 aromatic heterocycles. The number of hydrogen-bond acceptors (Lipinski definition) is 28. The number of hydrogen-bond donors (Lipinski definition) is 17. The summed E-state index contributed by atoms with van der Waals surface area (Å²) in [6, 6.07) is 0. The zero-order valence-corrected chi connectivity index (χ0v) is 49.0. The van der Waals surface area contributed by atoms with Gasteiger partial charge >= 0.3 is 11.9 Å². The molecule has 0 aromatic carbocycles. The van der Waals surface area contributed by atoms with Crippen LogP contribution in [0.3, 0.4) is 0 Å². The molecule has 0 bridgehead atoms. The molecular weight excluding hydrogens is 1150 g/mol. The first-order chi connectivity index (χ1) is 40.2. The van der Waals surface area contributed by atoms with E-state index < -0.39 is 237 Å². The predicted octanol–water partition coefficient (Wildman–Crippen LogP) is -5.29. The van der Waals surface area contributed by atoms with Crippen LogP contribution in [0.1, 0.15) is 92.9 Å². The van der Waals surface area contributed by atoms with Gasteiger partial charge in [-0.1, -0.05) is 46.3 Å². The van der Waals surface area contributed by atoms with E-state index in [4.69, 9.17) is 47.4 Å². The first-order valence-electron chi connectivity index (χ1n) is 29.9. The van der Waals surface area contributed by atoms with Crippen molar-refractivity contribution in [2.45, 2.75) is 240 Å². The Labute approximate surface area is 495 Å². The Kier molecular flexibility index (Phi) is 18.6. The molecule has 31 unspecified atom stereocenters. The number of allylic oxidation sites excluding steroid dienone is 2. The quantitative estimate of drug-likeness (QED) is 0.0439. The largest absolute Gasteiger partial charge is 0.479 e. The van der Waals surface area contributed by atoms with Gasteiger partial charge < -0.3 is 134 Å². The van der Waals surface area contributed by atoms with Crippen molar-refractivity contribution in [3.8, 4) is 0 Å². The summed E-state index contributed by atoms with van der Waals surface area (Å²) in [4.78, 5) is 27.4. The minimum atomic E-state index is -2.08. The molecule has 0 amide bonds. The Bertz CT molecular complexity index is 2470. The van der Waals surface area contributed by atoms with Crippen LogP contribution >= 0.6 is 0 Å². The average molecular weight is 1240 g/mol. The molecule has 5 aliphatic carbocycles. The van der Waals surface area contributed by atoms with Crippen LogP contribution in [-0.2, 0) is 57.0 Å². The van der Waals surface area contributed by atoms with E-state index in [1.807, 2.05) is 6.92 Å². The molecule has 86 heavy (non-hydrogen) atoms. The van der Waals surface area contributed by atoms with Gasteiger partial charge in [0.05, 0.1) is 64.1 Å². The highest BCUT2D eigenvalue weighted by atomic mass is 16.8. The monoisotopic (exact) mass is 1240 g/mol. The van der Waals surface area contributed by atoms with Gasteiger partial charge in [-0.3, -0.25) is 4.79 Å². The van der Waals surface area contributed by atoms with Gasteiger partial charge in [-0.15, -0.1) is 0 Å². The highest BCUT2D eigenvalue weighted by molar-refractivity contribution is 5.80. The van der Waals surface area contributed by atoms with Gasteiger partial charge in [0.2, 0.25) is 6.29 Å². The van der Waals surface area contributed by atoms with E-state index in [0.29, 0.717) is 32.1 Å². The zero-order valence-electron chi connectivity index (χ0n) is 49.0. The molecule has 5 saturated heterocycles. The normalized spacial score (nSPS) is 53.4. The van der Waals surface area contributed by atoms with Gasteiger partial charge in [0.1, 0.15) is 84.3 Å². The van der Waals surface area contributed by atoms with Crippen LogP contribution in [0.5, 0.6) is 0 Å². The van der Waals surface area contributed by atoms with Gasteiger partial charge in [-0.2, -0.15) is 0 Å². The summed E-state index contributed by atoms with van der Waals surface area (Å²) in [5.41, 5.74) is -7.17. The van der Waals surface area contributed by atoms with E-state index in [1.54, 1.807) is 0 Å². The third kappa shape index (κ3) is 10.5. The minimum absolute atomic E-state index is 0.0302. The number of rotatable bonds is 14. The fourth-order valence-electron chi connectivity index (χ4n) is 17.4. The van der Waals surface area contributed by atoms with E-state index in [0.717, 1.165) is 5.57 Å². The number of ether oxygens (including phenoxy) is 10. The van der Waals surface area contributed by atoms with Gasteiger partial charge in [-0.05, 0) is 97.7 Å². The highest BCUT2D eigenvalue weighted by Gasteiger charge is 2.74. The summed E-state index contributed by atoms with van der Waals surface area (Å²) in [5, 5.41) is 188. The number of aliphatic hydroxyl groups is 16. The average Bonchev–Trinajstić information content (AvgIpc) is 0.750. The van der Waals surface area contributed by atoms with Crippen molar-refractivity contribution >= 4 is 11.9 Å². The smallest absolute Gasteiger partial charge is 0.335 e. The molecular formula is C57H90O29. The van der Waals surface area contributed by atoms with Crippen LogP contribution in [0.4, 0.5) is 0 Å². The molecule has 31 atom stereocenters. The fourth-order valence-corrected chi connectivity index (χ4v) is 17.4. The number of aliphatic carboxylic acids is 1. The number of fused-ring (bicyclic) bond motifs is 7. The molecule has 0 aromatic rings. The molecule has 9 fully saturated rings. The van der Waals surface area contributed by atoms with Crippen LogP contribution in [-0.4, -0.2) is 285 Å². The van der Waals surface area contributed by atoms with Gasteiger partial charge in [0.25, 0.3) is 0 Å². The maximum atomic E-state index is 15.4. The Morgan fingerprint density at radius 3 is 1.88 bits per heavy atom. The van der Waals surface area contributed by atoms with E-state index >= 15 is 4.79 Å². The number of esters is 1. The highest BCUT2D eigenvalue weighted by Crippen LogP contribution is 2.76. The molecule has 29 heteroatoms. The summed E-state index contributed by atoms with van der Waals surface area (Å²) < 4.78 is 58.1. The molecule has 10 aliphatic rings. The van der Waals surface area contributed by atoms with Crippen LogP contribution in [0, 0.1) is 50.2 Å². The van der Waals surface area contributed by atoms with E-state index in [-0.39, 0.29) is 30.6 Å². The zero-order chi connectivity index (χ0) is 62.9. The van der Waals surface area contributed by atoms with E-state index in [2.05, 4.69) is 33.8 Å². The topological polar surface area (TPSA) is 470 Å². The first kappa shape index (κ1) is 66.6. The lowest BCUT2D eigenvalue weighted by molar-refractivity contribution is -0.372. The molecule has 0 radical (unpaired) electrons. The first-order valence-corrected chi connectivity index (χ1v) is 29.9. The summed E-state index contributed by atoms with van der Waals surface area (Å²) in [6.45, 7) is 7.83. The summed E-state index contributed by atoms with van der Waals surface area (Å²) in [5.74, 6) is -4.06. The minimum Gasteiger partial charge on any atom is -0.479 e. The lowest BCUT2D eigenvalue weighted by atomic mass is 9.33. The van der Waals surface area contributed by atoms with Crippen LogP contribution in [0.25, 0.3) is 0 Å². The molecule has 10 rings (SSSR count). The van der Waals surface area contributed by atoms with E-state index in [1.165, 1.54) is 6.92 Å². The van der Waals surface area contributed by atoms with Crippen LogP contribution in [0.2, 0.25) is 0 Å². The second-order valence-corrected chi connectivity index (χ2v) is 27.9. The predicted molar refractivity (Wildman–Crippen MR) is 282 cm³/mol. The van der Waals surface area contributed by atoms with Crippen molar-refractivity contribution in [3.63, 3.8) is 0 Å². The third-order valence-electron chi connectivity index (χ3n) is 22.6. The summed E-state index contributed by atoms with van der Waals surface area (Å²) >= 11 is 0. The molecule has 5 heterocycles. The number of carbonyl (C=O) groups is 2. The molecule has 5 aliphatic heterocycles. The van der Waals surface area contributed by atoms with Crippen LogP contribution < -0.4 is 0 Å². The van der Waals surface area contributed by atoms with Crippen molar-refractivity contribution < 1.29 is 144 Å². The molecule has 0 spiro atoms. The third-order valence-corrected chi connectivity index (χ3v) is 22.6. The van der Waals surface area contributed by atoms with Gasteiger partial charge in [0, 0.05) is 5.41 Å². The maximum Gasteiger partial charge on any atom is 0.335 e. The SMILES string of the molecule is CC1OC(OC2C(OC(=O)C34CCC(C)(C)CC3C3=CCC5C6(C)CC(O)C(OC7OC(C(=O)O)C(O)C(O)C7O)C(CO)(CO)C6CCC5(C)C3(C)CC4O)OCC(O)C2O)C(O)C(O)C1OC1OCC(O)C(OC2OCC(O)(CO)C2O)C1O. The van der Waals surface area contributed by atoms with Crippen molar-refractivity contribution in [2.75, 3.05) is 39.6 Å². The van der Waals surface area contributed by atoms with Crippen molar-refractivity contribution in [1.29, 1.82) is 0 Å². The summed E-state index contributed by atoms with van der Waals surface area (Å²) in [6.07, 6.45) is -35.2. The number of carboxylic acid groups (broad SMARTS) is 1. The number of carbonyl (C=O) groups excluding carboxylic acids is 1. The van der Waals surface area contributed by atoms with Crippen molar-refractivity contribution in [2.24, 2.45) is 50.2 Å². The van der Waals surface area contributed by atoms with Crippen molar-refractivity contribution in [1.82, 2.24) is 0 Å². The fraction of sp³-hybridized carbons (Fsp3) is 0.930. The Hall–Kier alpha value is -2.32. The number of carboxylic acids is 1. The van der Waals surface area contributed by atoms with Crippen molar-refractivity contribution in [3.05, 3.63) is 11.6 Å². The Morgan fingerprint density at radius 2 is 1.23 bits per heavy atom. The van der Waals surface area contributed by atoms with Crippen LogP contribution in [0.15, 0.2) is 11.6 Å². The maximum absolute atomic E-state index is 15.4. The Morgan fingerprint density at radius 1 is 0.605 bits per heavy atom. The van der Waals surface area contributed by atoms with E-state index in [9.17, 15) is 91.6 Å². The molecule has 29 nitrogen and oxygen atoms in total. The lowest BCUT2D eigenvalue weighted by Crippen LogP contribution is -2.72. The summed E-state index contributed by atoms with van der Waals surface area (Å²) in [7, 11) is 0. The van der Waals surface area contributed by atoms with Gasteiger partial charge in [-0.25, -0.2) is 4.79 Å². The Balaban J connectivity index is 0.866. The standard InChI is InChI=1S/C57H90O29/c1-22-38(81-45-37(71)39(27(63)17-77-45)82-49-42(72)56(76,20-60)21-79-49)34(68)36(70)46(80-22)84-41-31(65)26(62)16-78-48(41)86-50(75)57-12-11-51(2,3)13-24(57)23-7-8-28-52(4)14-25(61)43(85-47-35(69)32(66)33(67)40(83-47)44(73)74)55(18-58,19-59)29(52)9-10-53(28,5)54(23,6)15-30(57)64/h7,22,24-43,45-49,58-72,76H,8-21H2,1-6H3,(H,73,74). The lowest BCUT2D eigenvalue weighted by Gasteiger charge is -2.72. The number of aliphatic hydroxyl groups excluding tert-OH is 15. The second-order valence-electron chi connectivity index (χ2n) is 27.9. The van der Waals surface area contributed by atoms with Gasteiger partial charge in [0.15, 0.2) is 37.4 Å². The molecule has 4 saturated carbocycles.